The molecule has 0 aromatic carbocycles. The van der Waals surface area contributed by atoms with E-state index in [2.05, 4.69) is 15.5 Å². The van der Waals surface area contributed by atoms with E-state index in [1.807, 2.05) is 31.5 Å². The van der Waals surface area contributed by atoms with Crippen molar-refractivity contribution in [2.45, 2.75) is 58.0 Å². The molecule has 1 amide bonds. The fourth-order valence-corrected chi connectivity index (χ4v) is 5.41. The molecule has 3 rings (SSSR count). The lowest BCUT2D eigenvalue weighted by Crippen LogP contribution is -2.45. The number of hydrogen-bond donors (Lipinski definition) is 1. The fraction of sp³-hybridized carbons (Fsp3) is 0.632. The maximum atomic E-state index is 12.9. The van der Waals surface area contributed by atoms with Crippen LogP contribution in [0.2, 0.25) is 0 Å². The van der Waals surface area contributed by atoms with E-state index in [1.54, 1.807) is 18.7 Å². The first-order valence-electron chi connectivity index (χ1n) is 9.89. The molecule has 1 saturated heterocycles. The summed E-state index contributed by atoms with van der Waals surface area (Å²) in [6.07, 6.45) is 2.41. The lowest BCUT2D eigenvalue weighted by atomic mass is 9.97. The molecule has 1 atom stereocenters. The zero-order valence-electron chi connectivity index (χ0n) is 17.7. The van der Waals surface area contributed by atoms with E-state index in [-0.39, 0.29) is 22.8 Å². The summed E-state index contributed by atoms with van der Waals surface area (Å²) in [6, 6.07) is 1.95. The lowest BCUT2D eigenvalue weighted by molar-refractivity contribution is -0.126. The predicted molar refractivity (Wildman–Crippen MR) is 109 cm³/mol. The SMILES string of the molecule is Cc1cc(C)n(CC(C)NC(=O)C2CCN(S(=O)(=O)c3cnn(C)c3C)CC2)n1. The normalized spacial score (nSPS) is 17.4. The molecule has 3 heterocycles. The van der Waals surface area contributed by atoms with Crippen molar-refractivity contribution >= 4 is 15.9 Å². The third kappa shape index (κ3) is 4.53. The zero-order valence-corrected chi connectivity index (χ0v) is 18.5. The van der Waals surface area contributed by atoms with E-state index in [0.29, 0.717) is 38.2 Å². The van der Waals surface area contributed by atoms with Gasteiger partial charge in [0.15, 0.2) is 0 Å². The number of carbonyl (C=O) groups excluding carboxylic acids is 1. The van der Waals surface area contributed by atoms with Gasteiger partial charge in [0.2, 0.25) is 15.9 Å². The van der Waals surface area contributed by atoms with Crippen molar-refractivity contribution in [1.29, 1.82) is 0 Å². The summed E-state index contributed by atoms with van der Waals surface area (Å²) >= 11 is 0. The molecule has 1 N–H and O–H groups in total. The minimum absolute atomic E-state index is 0.0198. The zero-order chi connectivity index (χ0) is 21.3. The Kier molecular flexibility index (Phi) is 6.13. The molecule has 0 saturated carbocycles. The average molecular weight is 423 g/mol. The molecule has 9 nitrogen and oxygen atoms in total. The van der Waals surface area contributed by atoms with E-state index >= 15 is 0 Å². The Balaban J connectivity index is 1.55. The van der Waals surface area contributed by atoms with Gasteiger partial charge >= 0.3 is 0 Å². The lowest BCUT2D eigenvalue weighted by Gasteiger charge is -2.31. The summed E-state index contributed by atoms with van der Waals surface area (Å²) in [6.45, 7) is 8.92. The summed E-state index contributed by atoms with van der Waals surface area (Å²) in [7, 11) is -1.86. The maximum absolute atomic E-state index is 12.9. The van der Waals surface area contributed by atoms with E-state index in [0.717, 1.165) is 11.4 Å². The van der Waals surface area contributed by atoms with Crippen molar-refractivity contribution in [3.8, 4) is 0 Å². The van der Waals surface area contributed by atoms with Gasteiger partial charge in [-0.3, -0.25) is 14.2 Å². The first-order valence-corrected chi connectivity index (χ1v) is 11.3. The molecule has 0 bridgehead atoms. The summed E-state index contributed by atoms with van der Waals surface area (Å²) in [4.78, 5) is 12.9. The first-order chi connectivity index (χ1) is 13.6. The minimum atomic E-state index is -3.58. The van der Waals surface area contributed by atoms with Gasteiger partial charge in [0.05, 0.1) is 24.1 Å². The summed E-state index contributed by atoms with van der Waals surface area (Å²) in [5, 5.41) is 11.5. The van der Waals surface area contributed by atoms with Crippen LogP contribution in [0.1, 0.15) is 36.8 Å². The Morgan fingerprint density at radius 1 is 1.28 bits per heavy atom. The van der Waals surface area contributed by atoms with Crippen LogP contribution in [0.25, 0.3) is 0 Å². The van der Waals surface area contributed by atoms with Crippen LogP contribution in [0.15, 0.2) is 17.2 Å². The third-order valence-electron chi connectivity index (χ3n) is 5.57. The number of amides is 1. The summed E-state index contributed by atoms with van der Waals surface area (Å²) in [5.41, 5.74) is 2.63. The molecule has 1 aliphatic heterocycles. The molecule has 1 aliphatic rings. The Morgan fingerprint density at radius 3 is 2.45 bits per heavy atom. The molecular formula is C19H30N6O3S. The number of hydrogen-bond acceptors (Lipinski definition) is 5. The molecule has 29 heavy (non-hydrogen) atoms. The first kappa shape index (κ1) is 21.5. The molecule has 2 aromatic heterocycles. The number of carbonyl (C=O) groups is 1. The van der Waals surface area contributed by atoms with Gasteiger partial charge in [0.25, 0.3) is 0 Å². The van der Waals surface area contributed by atoms with Crippen LogP contribution in [-0.4, -0.2) is 57.3 Å². The fourth-order valence-electron chi connectivity index (χ4n) is 3.75. The highest BCUT2D eigenvalue weighted by atomic mass is 32.2. The number of aryl methyl sites for hydroxylation is 3. The molecule has 2 aromatic rings. The number of nitrogens with one attached hydrogen (secondary N) is 1. The Morgan fingerprint density at radius 2 is 1.93 bits per heavy atom. The van der Waals surface area contributed by atoms with Crippen LogP contribution in [-0.2, 0) is 28.4 Å². The van der Waals surface area contributed by atoms with E-state index in [9.17, 15) is 13.2 Å². The number of piperidine rings is 1. The molecule has 0 aliphatic carbocycles. The van der Waals surface area contributed by atoms with Gasteiger partial charge in [0.1, 0.15) is 4.90 Å². The molecule has 1 unspecified atom stereocenters. The maximum Gasteiger partial charge on any atom is 0.246 e. The quantitative estimate of drug-likeness (QED) is 0.752. The van der Waals surface area contributed by atoms with E-state index < -0.39 is 10.0 Å². The average Bonchev–Trinajstić information content (AvgIpc) is 3.16. The van der Waals surface area contributed by atoms with Gasteiger partial charge < -0.3 is 5.32 Å². The van der Waals surface area contributed by atoms with Gasteiger partial charge in [-0.05, 0) is 46.6 Å². The Hall–Kier alpha value is -2.20. The molecule has 1 fully saturated rings. The Bertz CT molecular complexity index is 986. The second kappa shape index (κ2) is 8.27. The largest absolute Gasteiger partial charge is 0.352 e. The number of sulfonamides is 1. The predicted octanol–water partition coefficient (Wildman–Crippen LogP) is 1.15. The molecule has 0 spiro atoms. The van der Waals surface area contributed by atoms with Crippen LogP contribution < -0.4 is 5.32 Å². The number of nitrogens with zero attached hydrogens (tertiary/aromatic N) is 5. The number of rotatable bonds is 6. The Labute approximate surface area is 172 Å². The summed E-state index contributed by atoms with van der Waals surface area (Å²) in [5.74, 6) is -0.201. The van der Waals surface area contributed by atoms with Crippen molar-refractivity contribution in [3.63, 3.8) is 0 Å². The molecule has 0 radical (unpaired) electrons. The van der Waals surface area contributed by atoms with Gasteiger partial charge in [-0.1, -0.05) is 0 Å². The van der Waals surface area contributed by atoms with E-state index in [4.69, 9.17) is 0 Å². The highest BCUT2D eigenvalue weighted by Gasteiger charge is 2.34. The highest BCUT2D eigenvalue weighted by Crippen LogP contribution is 2.25. The van der Waals surface area contributed by atoms with Crippen molar-refractivity contribution in [2.75, 3.05) is 13.1 Å². The van der Waals surface area contributed by atoms with Gasteiger partial charge in [0, 0.05) is 37.8 Å². The van der Waals surface area contributed by atoms with Crippen molar-refractivity contribution in [3.05, 3.63) is 29.3 Å². The summed E-state index contributed by atoms with van der Waals surface area (Å²) < 4.78 is 30.7. The van der Waals surface area contributed by atoms with Gasteiger partial charge in [-0.25, -0.2) is 8.42 Å². The van der Waals surface area contributed by atoms with Crippen LogP contribution in [0.4, 0.5) is 0 Å². The van der Waals surface area contributed by atoms with Crippen LogP contribution in [0.5, 0.6) is 0 Å². The molecule has 10 heteroatoms. The van der Waals surface area contributed by atoms with Crippen LogP contribution >= 0.6 is 0 Å². The van der Waals surface area contributed by atoms with Crippen molar-refractivity contribution in [2.24, 2.45) is 13.0 Å². The standard InChI is InChI=1S/C19H30N6O3S/c1-13-10-15(3)25(22-13)12-14(2)21-19(26)17-6-8-24(9-7-17)29(27,28)18-11-20-23(5)16(18)4/h10-11,14,17H,6-9,12H2,1-5H3,(H,21,26). The number of aromatic nitrogens is 4. The third-order valence-corrected chi connectivity index (χ3v) is 7.57. The van der Waals surface area contributed by atoms with Crippen molar-refractivity contribution in [1.82, 2.24) is 29.2 Å². The second-order valence-electron chi connectivity index (χ2n) is 7.92. The smallest absolute Gasteiger partial charge is 0.246 e. The van der Waals surface area contributed by atoms with Crippen LogP contribution in [0, 0.1) is 26.7 Å². The van der Waals surface area contributed by atoms with Crippen molar-refractivity contribution < 1.29 is 13.2 Å². The molecule has 160 valence electrons. The highest BCUT2D eigenvalue weighted by molar-refractivity contribution is 7.89. The van der Waals surface area contributed by atoms with Crippen LogP contribution in [0.3, 0.4) is 0 Å². The van der Waals surface area contributed by atoms with Gasteiger partial charge in [-0.15, -0.1) is 0 Å². The van der Waals surface area contributed by atoms with E-state index in [1.165, 1.54) is 10.5 Å². The monoisotopic (exact) mass is 422 g/mol. The second-order valence-corrected chi connectivity index (χ2v) is 9.82. The van der Waals surface area contributed by atoms with Gasteiger partial charge in [-0.2, -0.15) is 14.5 Å². The molecular weight excluding hydrogens is 392 g/mol. The minimum Gasteiger partial charge on any atom is -0.352 e. The topological polar surface area (TPSA) is 102 Å².